The van der Waals surface area contributed by atoms with E-state index in [1.165, 1.54) is 12.1 Å². The summed E-state index contributed by atoms with van der Waals surface area (Å²) >= 11 is 0. The van der Waals surface area contributed by atoms with E-state index in [-0.39, 0.29) is 10.6 Å². The number of nitrogens with two attached hydrogens (primary N) is 1. The Bertz CT molecular complexity index is 880. The minimum absolute atomic E-state index is 0.0853. The zero-order valence-corrected chi connectivity index (χ0v) is 13.0. The van der Waals surface area contributed by atoms with E-state index in [1.54, 1.807) is 30.3 Å². The summed E-state index contributed by atoms with van der Waals surface area (Å²) in [5.74, 6) is 0. The Morgan fingerprint density at radius 2 is 1.96 bits per heavy atom. The van der Waals surface area contributed by atoms with Crippen molar-refractivity contribution in [2.45, 2.75) is 17.9 Å². The maximum absolute atomic E-state index is 11.4. The van der Waals surface area contributed by atoms with Gasteiger partial charge in [-0.2, -0.15) is 0 Å². The van der Waals surface area contributed by atoms with Crippen molar-refractivity contribution in [3.8, 4) is 0 Å². The van der Waals surface area contributed by atoms with Crippen molar-refractivity contribution < 1.29 is 13.3 Å². The van der Waals surface area contributed by atoms with Crippen LogP contribution in [0.3, 0.4) is 0 Å². The van der Waals surface area contributed by atoms with E-state index in [0.29, 0.717) is 25.1 Å². The maximum Gasteiger partial charge on any atom is 0.274 e. The Morgan fingerprint density at radius 1 is 1.22 bits per heavy atom. The van der Waals surface area contributed by atoms with E-state index in [9.17, 15) is 18.5 Å². The van der Waals surface area contributed by atoms with Gasteiger partial charge in [-0.25, -0.2) is 13.6 Å². The van der Waals surface area contributed by atoms with Gasteiger partial charge in [0.2, 0.25) is 10.0 Å². The number of hydrogen-bond acceptors (Lipinski definition) is 5. The first kappa shape index (κ1) is 15.4. The van der Waals surface area contributed by atoms with Crippen molar-refractivity contribution in [3.05, 3.63) is 63.7 Å². The molecule has 2 N–H and O–H groups in total. The third-order valence-electron chi connectivity index (χ3n) is 3.92. The van der Waals surface area contributed by atoms with Crippen molar-refractivity contribution in [3.63, 3.8) is 0 Å². The van der Waals surface area contributed by atoms with E-state index < -0.39 is 14.9 Å². The fourth-order valence-electron chi connectivity index (χ4n) is 2.82. The van der Waals surface area contributed by atoms with Crippen molar-refractivity contribution in [2.75, 3.05) is 11.4 Å². The van der Waals surface area contributed by atoms with Gasteiger partial charge in [0.05, 0.1) is 9.82 Å². The van der Waals surface area contributed by atoms with Crippen LogP contribution in [0.5, 0.6) is 0 Å². The topological polar surface area (TPSA) is 107 Å². The zero-order valence-electron chi connectivity index (χ0n) is 12.2. The molecule has 8 heteroatoms. The minimum atomic E-state index is -3.73. The highest BCUT2D eigenvalue weighted by Gasteiger charge is 2.23. The number of benzene rings is 2. The van der Waals surface area contributed by atoms with Gasteiger partial charge in [-0.1, -0.05) is 18.2 Å². The number of nitrogens with zero attached hydrogens (tertiary/aromatic N) is 2. The molecule has 0 atom stereocenters. The first-order chi connectivity index (χ1) is 10.9. The predicted octanol–water partition coefficient (Wildman–Crippen LogP) is 1.80. The molecule has 0 saturated carbocycles. The van der Waals surface area contributed by atoms with Crippen LogP contribution in [0, 0.1) is 10.1 Å². The standard InChI is InChI=1S/C15H15N3O4S/c16-23(21,22)13-5-6-14-11(9-13)7-8-17(14)10-12-3-1-2-4-15(12)18(19)20/h1-6,9H,7-8,10H2,(H2,16,21,22). The van der Waals surface area contributed by atoms with Crippen LogP contribution < -0.4 is 10.0 Å². The smallest absolute Gasteiger partial charge is 0.274 e. The molecule has 23 heavy (non-hydrogen) atoms. The quantitative estimate of drug-likeness (QED) is 0.678. The van der Waals surface area contributed by atoms with Crippen LogP contribution in [0.2, 0.25) is 0 Å². The fourth-order valence-corrected chi connectivity index (χ4v) is 3.38. The molecule has 0 unspecified atom stereocenters. The van der Waals surface area contributed by atoms with Crippen LogP contribution >= 0.6 is 0 Å². The molecular formula is C15H15N3O4S. The van der Waals surface area contributed by atoms with E-state index in [0.717, 1.165) is 11.3 Å². The van der Waals surface area contributed by atoms with E-state index in [1.807, 2.05) is 4.90 Å². The molecule has 3 rings (SSSR count). The number of fused-ring (bicyclic) bond motifs is 1. The van der Waals surface area contributed by atoms with Crippen LogP contribution in [0.1, 0.15) is 11.1 Å². The normalized spacial score (nSPS) is 13.9. The number of para-hydroxylation sites is 1. The van der Waals surface area contributed by atoms with Crippen LogP contribution in [-0.2, 0) is 23.0 Å². The van der Waals surface area contributed by atoms with Gasteiger partial charge in [0.15, 0.2) is 0 Å². The molecular weight excluding hydrogens is 318 g/mol. The summed E-state index contributed by atoms with van der Waals surface area (Å²) in [6.45, 7) is 1.08. The number of nitro benzene ring substituents is 1. The summed E-state index contributed by atoms with van der Waals surface area (Å²) < 4.78 is 22.8. The summed E-state index contributed by atoms with van der Waals surface area (Å²) in [5.41, 5.74) is 2.48. The zero-order chi connectivity index (χ0) is 16.6. The third-order valence-corrected chi connectivity index (χ3v) is 4.83. The van der Waals surface area contributed by atoms with Crippen molar-refractivity contribution in [1.82, 2.24) is 0 Å². The predicted molar refractivity (Wildman–Crippen MR) is 85.7 cm³/mol. The lowest BCUT2D eigenvalue weighted by atomic mass is 10.1. The van der Waals surface area contributed by atoms with Gasteiger partial charge in [0, 0.05) is 30.4 Å². The molecule has 0 aliphatic carbocycles. The molecule has 7 nitrogen and oxygen atoms in total. The molecule has 0 bridgehead atoms. The summed E-state index contributed by atoms with van der Waals surface area (Å²) in [4.78, 5) is 12.8. The largest absolute Gasteiger partial charge is 0.366 e. The Kier molecular flexibility index (Phi) is 3.78. The number of anilines is 1. The molecule has 1 heterocycles. The van der Waals surface area contributed by atoms with E-state index in [4.69, 9.17) is 5.14 Å². The molecule has 120 valence electrons. The van der Waals surface area contributed by atoms with Gasteiger partial charge in [-0.15, -0.1) is 0 Å². The van der Waals surface area contributed by atoms with Crippen LogP contribution in [0.15, 0.2) is 47.4 Å². The molecule has 1 aliphatic heterocycles. The second-order valence-corrected chi connectivity index (χ2v) is 6.95. The summed E-state index contributed by atoms with van der Waals surface area (Å²) in [6, 6.07) is 11.4. The third kappa shape index (κ3) is 3.03. The average molecular weight is 333 g/mol. The molecule has 0 amide bonds. The first-order valence-electron chi connectivity index (χ1n) is 6.99. The SMILES string of the molecule is NS(=O)(=O)c1ccc2c(c1)CCN2Cc1ccccc1[N+](=O)[O-]. The maximum atomic E-state index is 11.4. The fraction of sp³-hybridized carbons (Fsp3) is 0.200. The highest BCUT2D eigenvalue weighted by Crippen LogP contribution is 2.32. The molecule has 2 aromatic carbocycles. The van der Waals surface area contributed by atoms with Gasteiger partial charge < -0.3 is 4.90 Å². The lowest BCUT2D eigenvalue weighted by Crippen LogP contribution is -2.20. The molecule has 1 aliphatic rings. The van der Waals surface area contributed by atoms with Gasteiger partial charge in [-0.05, 0) is 30.2 Å². The second-order valence-electron chi connectivity index (χ2n) is 5.39. The Hall–Kier alpha value is -2.45. The Labute approximate surface area is 133 Å². The van der Waals surface area contributed by atoms with Gasteiger partial charge >= 0.3 is 0 Å². The Morgan fingerprint density at radius 3 is 2.65 bits per heavy atom. The molecule has 0 aromatic heterocycles. The van der Waals surface area contributed by atoms with Crippen LogP contribution in [0.4, 0.5) is 11.4 Å². The minimum Gasteiger partial charge on any atom is -0.366 e. The number of sulfonamides is 1. The van der Waals surface area contributed by atoms with E-state index >= 15 is 0 Å². The first-order valence-corrected chi connectivity index (χ1v) is 8.54. The molecule has 0 fully saturated rings. The van der Waals surface area contributed by atoms with E-state index in [2.05, 4.69) is 0 Å². The summed E-state index contributed by atoms with van der Waals surface area (Å²) in [6.07, 6.45) is 0.680. The number of hydrogen-bond donors (Lipinski definition) is 1. The molecule has 0 spiro atoms. The highest BCUT2D eigenvalue weighted by molar-refractivity contribution is 7.89. The molecule has 0 saturated heterocycles. The summed E-state index contributed by atoms with van der Waals surface area (Å²) in [7, 11) is -3.73. The van der Waals surface area contributed by atoms with Gasteiger partial charge in [0.1, 0.15) is 0 Å². The number of rotatable bonds is 4. The number of primary sulfonamides is 1. The molecule has 2 aromatic rings. The summed E-state index contributed by atoms with van der Waals surface area (Å²) in [5, 5.41) is 16.2. The van der Waals surface area contributed by atoms with Gasteiger partial charge in [-0.3, -0.25) is 10.1 Å². The monoisotopic (exact) mass is 333 g/mol. The van der Waals surface area contributed by atoms with Crippen molar-refractivity contribution in [2.24, 2.45) is 5.14 Å². The van der Waals surface area contributed by atoms with Crippen LogP contribution in [0.25, 0.3) is 0 Å². The lowest BCUT2D eigenvalue weighted by molar-refractivity contribution is -0.385. The molecule has 0 radical (unpaired) electrons. The van der Waals surface area contributed by atoms with Crippen molar-refractivity contribution >= 4 is 21.4 Å². The number of nitro groups is 1. The Balaban J connectivity index is 1.91. The van der Waals surface area contributed by atoms with Crippen molar-refractivity contribution in [1.29, 1.82) is 0 Å². The lowest BCUT2D eigenvalue weighted by Gasteiger charge is -2.19. The second kappa shape index (κ2) is 5.64. The highest BCUT2D eigenvalue weighted by atomic mass is 32.2. The van der Waals surface area contributed by atoms with Gasteiger partial charge in [0.25, 0.3) is 5.69 Å². The average Bonchev–Trinajstić information content (AvgIpc) is 2.89. The van der Waals surface area contributed by atoms with Crippen LogP contribution in [-0.4, -0.2) is 19.9 Å².